The first-order valence-corrected chi connectivity index (χ1v) is 14.3. The van der Waals surface area contributed by atoms with Gasteiger partial charge in [-0.15, -0.1) is 10.2 Å². The molecular formula is C31H35F2N5O5. The van der Waals surface area contributed by atoms with Crippen LogP contribution in [0.5, 0.6) is 0 Å². The van der Waals surface area contributed by atoms with Crippen LogP contribution >= 0.6 is 0 Å². The number of amides is 3. The summed E-state index contributed by atoms with van der Waals surface area (Å²) in [5.74, 6) is -1.20. The largest absolute Gasteiger partial charge is 0.444 e. The molecule has 2 aliphatic rings. The fourth-order valence-electron chi connectivity index (χ4n) is 5.12. The van der Waals surface area contributed by atoms with Crippen LogP contribution in [-0.2, 0) is 27.3 Å². The molecule has 43 heavy (non-hydrogen) atoms. The summed E-state index contributed by atoms with van der Waals surface area (Å²) in [5.41, 5.74) is 1.26. The van der Waals surface area contributed by atoms with E-state index in [1.807, 2.05) is 30.3 Å². The highest BCUT2D eigenvalue weighted by atomic mass is 19.1. The zero-order valence-corrected chi connectivity index (χ0v) is 24.3. The predicted molar refractivity (Wildman–Crippen MR) is 151 cm³/mol. The van der Waals surface area contributed by atoms with Crippen LogP contribution in [0.3, 0.4) is 0 Å². The fourth-order valence-corrected chi connectivity index (χ4v) is 5.12. The summed E-state index contributed by atoms with van der Waals surface area (Å²) < 4.78 is 40.2. The van der Waals surface area contributed by atoms with E-state index >= 15 is 0 Å². The number of ether oxygens (including phenoxy) is 1. The summed E-state index contributed by atoms with van der Waals surface area (Å²) in [6, 6.07) is 12.3. The minimum absolute atomic E-state index is 0.0409. The molecule has 0 spiro atoms. The molecule has 2 heterocycles. The van der Waals surface area contributed by atoms with Crippen LogP contribution in [-0.4, -0.2) is 57.4 Å². The number of aromatic nitrogens is 2. The van der Waals surface area contributed by atoms with Crippen LogP contribution in [0.15, 0.2) is 52.9 Å². The van der Waals surface area contributed by atoms with Gasteiger partial charge < -0.3 is 24.7 Å². The van der Waals surface area contributed by atoms with Crippen molar-refractivity contribution in [3.05, 3.63) is 82.8 Å². The lowest BCUT2D eigenvalue weighted by molar-refractivity contribution is -0.138. The maximum Gasteiger partial charge on any atom is 0.408 e. The van der Waals surface area contributed by atoms with Crippen LogP contribution in [0.25, 0.3) is 0 Å². The van der Waals surface area contributed by atoms with Crippen LogP contribution in [0.1, 0.15) is 80.5 Å². The van der Waals surface area contributed by atoms with Gasteiger partial charge in [0.25, 0.3) is 0 Å². The SMILES string of the molecule is CC(C)(C)OC(=O)NCc1nnc(CC(=O)N2CC(F)CC2C(=O)NC(c2ccccc2)c2ccc(C3CC3)c(F)c2)o1. The number of nitrogens with one attached hydrogen (secondary N) is 2. The number of nitrogens with zero attached hydrogens (tertiary/aromatic N) is 3. The smallest absolute Gasteiger partial charge is 0.408 e. The number of benzene rings is 2. The molecule has 1 aliphatic heterocycles. The van der Waals surface area contributed by atoms with Crippen molar-refractivity contribution in [1.29, 1.82) is 0 Å². The molecule has 1 saturated heterocycles. The van der Waals surface area contributed by atoms with Gasteiger partial charge in [-0.2, -0.15) is 0 Å². The van der Waals surface area contributed by atoms with Gasteiger partial charge in [-0.1, -0.05) is 42.5 Å². The Kier molecular flexibility index (Phi) is 8.74. The standard InChI is InChI=1S/C31H35F2N5O5/c1-31(2,3)43-30(41)34-16-26-37-36-25(42-26)15-27(39)38-17-21(32)14-24(38)29(40)35-28(19-7-5-4-6-8-19)20-11-12-22(18-9-10-18)23(33)13-20/h4-8,11-13,18,21,24,28H,9-10,14-17H2,1-3H3,(H,34,41)(H,35,40). The molecule has 1 aliphatic carbocycles. The average Bonchev–Trinajstić information content (AvgIpc) is 3.56. The van der Waals surface area contributed by atoms with E-state index in [0.717, 1.165) is 18.4 Å². The number of alkyl halides is 1. The third kappa shape index (κ3) is 7.74. The van der Waals surface area contributed by atoms with Gasteiger partial charge in [-0.25, -0.2) is 13.6 Å². The van der Waals surface area contributed by atoms with Crippen molar-refractivity contribution in [2.45, 2.75) is 82.8 Å². The van der Waals surface area contributed by atoms with Crippen molar-refractivity contribution >= 4 is 17.9 Å². The highest BCUT2D eigenvalue weighted by Crippen LogP contribution is 2.42. The molecule has 12 heteroatoms. The maximum absolute atomic E-state index is 15.0. The summed E-state index contributed by atoms with van der Waals surface area (Å²) in [7, 11) is 0. The molecule has 0 bridgehead atoms. The third-order valence-corrected chi connectivity index (χ3v) is 7.26. The van der Waals surface area contributed by atoms with E-state index in [2.05, 4.69) is 20.8 Å². The second-order valence-corrected chi connectivity index (χ2v) is 11.9. The Hall–Kier alpha value is -4.35. The number of likely N-dealkylation sites (tertiary alicyclic amines) is 1. The summed E-state index contributed by atoms with van der Waals surface area (Å²) in [4.78, 5) is 39.8. The van der Waals surface area contributed by atoms with Crippen LogP contribution in [0, 0.1) is 5.82 Å². The fraction of sp³-hybridized carbons (Fsp3) is 0.452. The van der Waals surface area contributed by atoms with Crippen LogP contribution < -0.4 is 10.6 Å². The molecule has 0 radical (unpaired) electrons. The normalized spacial score (nSPS) is 19.1. The summed E-state index contributed by atoms with van der Waals surface area (Å²) in [6.45, 7) is 4.80. The highest BCUT2D eigenvalue weighted by molar-refractivity contribution is 5.89. The minimum atomic E-state index is -1.40. The zero-order valence-electron chi connectivity index (χ0n) is 24.3. The average molecular weight is 596 g/mol. The Morgan fingerprint density at radius 3 is 2.47 bits per heavy atom. The molecule has 3 aromatic rings. The number of carbonyl (C=O) groups is 3. The minimum Gasteiger partial charge on any atom is -0.444 e. The van der Waals surface area contributed by atoms with Crippen molar-refractivity contribution in [2.24, 2.45) is 0 Å². The lowest BCUT2D eigenvalue weighted by atomic mass is 9.96. The first-order chi connectivity index (χ1) is 20.5. The Bertz CT molecular complexity index is 1470. The quantitative estimate of drug-likeness (QED) is 0.373. The third-order valence-electron chi connectivity index (χ3n) is 7.26. The molecule has 228 valence electrons. The van der Waals surface area contributed by atoms with E-state index in [1.165, 1.54) is 11.0 Å². The van der Waals surface area contributed by atoms with Gasteiger partial charge in [0.15, 0.2) is 0 Å². The van der Waals surface area contributed by atoms with Crippen molar-refractivity contribution < 1.29 is 32.3 Å². The zero-order chi connectivity index (χ0) is 30.7. The van der Waals surface area contributed by atoms with Gasteiger partial charge in [0, 0.05) is 6.42 Å². The van der Waals surface area contributed by atoms with Gasteiger partial charge in [0.1, 0.15) is 30.1 Å². The Labute approximate surface area is 248 Å². The molecule has 1 aromatic heterocycles. The Morgan fingerprint density at radius 2 is 1.79 bits per heavy atom. The van der Waals surface area contributed by atoms with E-state index in [0.29, 0.717) is 11.1 Å². The number of hydrogen-bond donors (Lipinski definition) is 2. The first-order valence-electron chi connectivity index (χ1n) is 14.3. The number of carbonyl (C=O) groups excluding carboxylic acids is 3. The molecule has 10 nitrogen and oxygen atoms in total. The van der Waals surface area contributed by atoms with Gasteiger partial charge in [0.05, 0.1) is 19.1 Å². The van der Waals surface area contributed by atoms with Gasteiger partial charge in [-0.3, -0.25) is 9.59 Å². The molecule has 1 saturated carbocycles. The van der Waals surface area contributed by atoms with Gasteiger partial charge >= 0.3 is 6.09 Å². The van der Waals surface area contributed by atoms with Crippen molar-refractivity contribution in [1.82, 2.24) is 25.7 Å². The van der Waals surface area contributed by atoms with Crippen molar-refractivity contribution in [3.63, 3.8) is 0 Å². The van der Waals surface area contributed by atoms with Crippen molar-refractivity contribution in [2.75, 3.05) is 6.54 Å². The number of hydrogen-bond acceptors (Lipinski definition) is 7. The highest BCUT2D eigenvalue weighted by Gasteiger charge is 2.41. The number of alkyl carbamates (subject to hydrolysis) is 1. The Balaban J connectivity index is 1.26. The Morgan fingerprint density at radius 1 is 1.07 bits per heavy atom. The van der Waals surface area contributed by atoms with E-state index in [-0.39, 0.29) is 49.4 Å². The topological polar surface area (TPSA) is 127 Å². The summed E-state index contributed by atoms with van der Waals surface area (Å²) in [6.07, 6.45) is -0.688. The van der Waals surface area contributed by atoms with Crippen molar-refractivity contribution in [3.8, 4) is 0 Å². The van der Waals surface area contributed by atoms with Gasteiger partial charge in [0.2, 0.25) is 23.6 Å². The van der Waals surface area contributed by atoms with Gasteiger partial charge in [-0.05, 0) is 62.3 Å². The molecule has 3 atom stereocenters. The lowest BCUT2D eigenvalue weighted by Crippen LogP contribution is -2.47. The predicted octanol–water partition coefficient (Wildman–Crippen LogP) is 4.50. The second-order valence-electron chi connectivity index (χ2n) is 11.9. The van der Waals surface area contributed by atoms with E-state index in [1.54, 1.807) is 32.9 Å². The van der Waals surface area contributed by atoms with E-state index < -0.39 is 41.8 Å². The molecule has 3 amide bonds. The van der Waals surface area contributed by atoms with Crippen LogP contribution in [0.2, 0.25) is 0 Å². The monoisotopic (exact) mass is 595 g/mol. The molecule has 5 rings (SSSR count). The van der Waals surface area contributed by atoms with E-state index in [4.69, 9.17) is 9.15 Å². The molecule has 2 aromatic carbocycles. The number of halogens is 2. The summed E-state index contributed by atoms with van der Waals surface area (Å²) >= 11 is 0. The molecular weight excluding hydrogens is 560 g/mol. The lowest BCUT2D eigenvalue weighted by Gasteiger charge is -2.27. The maximum atomic E-state index is 15.0. The number of rotatable bonds is 9. The molecule has 2 N–H and O–H groups in total. The van der Waals surface area contributed by atoms with Crippen LogP contribution in [0.4, 0.5) is 13.6 Å². The van der Waals surface area contributed by atoms with E-state index in [9.17, 15) is 23.2 Å². The second kappa shape index (κ2) is 12.5. The molecule has 2 fully saturated rings. The summed E-state index contributed by atoms with van der Waals surface area (Å²) in [5, 5.41) is 13.1. The molecule has 3 unspecified atom stereocenters. The first kappa shape index (κ1) is 30.1.